The summed E-state index contributed by atoms with van der Waals surface area (Å²) in [7, 11) is 1.31. The molecule has 1 heterocycles. The summed E-state index contributed by atoms with van der Waals surface area (Å²) in [6.07, 6.45) is -0.183. The molecule has 0 radical (unpaired) electrons. The number of amides is 2. The lowest BCUT2D eigenvalue weighted by Gasteiger charge is -2.37. The van der Waals surface area contributed by atoms with Gasteiger partial charge in [-0.1, -0.05) is 92.5 Å². The Morgan fingerprint density at radius 3 is 2.37 bits per heavy atom. The number of ether oxygens (including phenoxy) is 3. The fourth-order valence-corrected chi connectivity index (χ4v) is 7.55. The second kappa shape index (κ2) is 19.6. The van der Waals surface area contributed by atoms with E-state index in [1.165, 1.54) is 62.6 Å². The first kappa shape index (κ1) is 45.5. The standard InChI is InChI=1S/C44H44Cl2F2N4O8/c1-26(23-53)52(60-24-27-10-7-6-8-11-27)42(56)59-19-18-58-41(55)28-14-17-34(35(20-28)57-5)50-40(54)39-37(30-12-9-13-32(46)38(30)48)44(25-49,36(51-39)22-43(2,3)4)31-16-15-29(45)21-33(31)47/h6-17,20-21,23,26,36-37,39,51H,18-19,22,24H2,1-5H3,(H,50,54)/t26?,36-,37-,39+,44-/m0/s1. The summed E-state index contributed by atoms with van der Waals surface area (Å²) in [5, 5.41) is 17.8. The minimum atomic E-state index is -1.85. The van der Waals surface area contributed by atoms with Gasteiger partial charge in [0, 0.05) is 22.5 Å². The van der Waals surface area contributed by atoms with E-state index in [1.807, 2.05) is 26.8 Å². The lowest BCUT2D eigenvalue weighted by atomic mass is 9.62. The van der Waals surface area contributed by atoms with Crippen molar-refractivity contribution in [1.82, 2.24) is 10.4 Å². The average molecular weight is 866 g/mol. The molecule has 1 unspecified atom stereocenters. The fraction of sp³-hybridized carbons (Fsp3) is 0.341. The first-order valence-corrected chi connectivity index (χ1v) is 19.6. The Hall–Kier alpha value is -5.59. The van der Waals surface area contributed by atoms with Gasteiger partial charge >= 0.3 is 12.1 Å². The molecule has 1 aliphatic rings. The van der Waals surface area contributed by atoms with Gasteiger partial charge in [-0.2, -0.15) is 10.3 Å². The van der Waals surface area contributed by atoms with Gasteiger partial charge in [-0.3, -0.25) is 9.63 Å². The van der Waals surface area contributed by atoms with Crippen LogP contribution in [0.3, 0.4) is 0 Å². The van der Waals surface area contributed by atoms with Crippen LogP contribution in [0, 0.1) is 28.4 Å². The van der Waals surface area contributed by atoms with Crippen molar-refractivity contribution in [2.24, 2.45) is 5.41 Å². The van der Waals surface area contributed by atoms with E-state index in [4.69, 9.17) is 42.3 Å². The largest absolute Gasteiger partial charge is 0.495 e. The van der Waals surface area contributed by atoms with E-state index in [9.17, 15) is 24.4 Å². The Morgan fingerprint density at radius 2 is 1.72 bits per heavy atom. The summed E-state index contributed by atoms with van der Waals surface area (Å²) in [5.74, 6) is -4.48. The van der Waals surface area contributed by atoms with Crippen molar-refractivity contribution >= 4 is 53.1 Å². The number of carbonyl (C=O) groups excluding carboxylic acids is 4. The highest BCUT2D eigenvalue weighted by Crippen LogP contribution is 2.53. The third kappa shape index (κ3) is 10.2. The van der Waals surface area contributed by atoms with Crippen molar-refractivity contribution in [2.75, 3.05) is 25.6 Å². The molecule has 16 heteroatoms. The molecule has 2 amide bonds. The zero-order chi connectivity index (χ0) is 43.8. The minimum Gasteiger partial charge on any atom is -0.495 e. The van der Waals surface area contributed by atoms with Gasteiger partial charge in [-0.15, -0.1) is 0 Å². The summed E-state index contributed by atoms with van der Waals surface area (Å²) in [4.78, 5) is 57.1. The number of nitrogens with one attached hydrogen (secondary N) is 2. The SMILES string of the molecule is COc1cc(C(=O)OCCOC(=O)N(OCc2ccccc2)C(C)C=O)ccc1NC(=O)[C@@H]1N[C@@H](CC(C)(C)C)[C@](C#N)(c2ccc(Cl)cc2F)[C@H]1c1cccc(Cl)c1F. The molecule has 316 valence electrons. The highest BCUT2D eigenvalue weighted by molar-refractivity contribution is 6.31. The molecule has 5 atom stereocenters. The lowest BCUT2D eigenvalue weighted by molar-refractivity contribution is -0.169. The van der Waals surface area contributed by atoms with Crippen molar-refractivity contribution in [3.8, 4) is 11.8 Å². The van der Waals surface area contributed by atoms with Gasteiger partial charge in [0.25, 0.3) is 0 Å². The number of rotatable bonds is 15. The molecule has 0 aromatic heterocycles. The molecule has 0 saturated carbocycles. The van der Waals surface area contributed by atoms with Crippen molar-refractivity contribution in [3.63, 3.8) is 0 Å². The molecule has 4 aromatic carbocycles. The van der Waals surface area contributed by atoms with E-state index in [2.05, 4.69) is 16.7 Å². The molecule has 1 aliphatic heterocycles. The van der Waals surface area contributed by atoms with Crippen LogP contribution in [0.2, 0.25) is 10.0 Å². The normalized spacial score (nSPS) is 19.1. The number of hydrogen-bond acceptors (Lipinski definition) is 10. The van der Waals surface area contributed by atoms with Crippen LogP contribution in [0.4, 0.5) is 19.3 Å². The maximum Gasteiger partial charge on any atom is 0.434 e. The van der Waals surface area contributed by atoms with Crippen LogP contribution in [0.5, 0.6) is 5.75 Å². The van der Waals surface area contributed by atoms with E-state index >= 15 is 8.78 Å². The van der Waals surface area contributed by atoms with E-state index in [0.717, 1.165) is 16.7 Å². The molecule has 5 rings (SSSR count). The number of nitriles is 1. The Bertz CT molecular complexity index is 2250. The highest BCUT2D eigenvalue weighted by Gasteiger charge is 2.61. The summed E-state index contributed by atoms with van der Waals surface area (Å²) in [5.41, 5.74) is -1.57. The van der Waals surface area contributed by atoms with E-state index in [0.29, 0.717) is 6.29 Å². The molecule has 0 aliphatic carbocycles. The second-order valence-corrected chi connectivity index (χ2v) is 16.1. The van der Waals surface area contributed by atoms with Crippen LogP contribution >= 0.6 is 23.2 Å². The predicted octanol–water partition coefficient (Wildman–Crippen LogP) is 8.56. The maximum atomic E-state index is 16.1. The smallest absolute Gasteiger partial charge is 0.434 e. The number of hydrogen-bond donors (Lipinski definition) is 2. The van der Waals surface area contributed by atoms with E-state index < -0.39 is 64.5 Å². The number of aldehydes is 1. The van der Waals surface area contributed by atoms with Crippen LogP contribution in [0.25, 0.3) is 0 Å². The van der Waals surface area contributed by atoms with Gasteiger partial charge in [0.1, 0.15) is 54.9 Å². The zero-order valence-electron chi connectivity index (χ0n) is 33.5. The van der Waals surface area contributed by atoms with Crippen LogP contribution in [0.1, 0.15) is 67.1 Å². The molecule has 60 heavy (non-hydrogen) atoms. The summed E-state index contributed by atoms with van der Waals surface area (Å²) in [6, 6.07) is 20.3. The Morgan fingerprint density at radius 1 is 1.00 bits per heavy atom. The molecule has 1 fully saturated rings. The zero-order valence-corrected chi connectivity index (χ0v) is 35.0. The maximum absolute atomic E-state index is 16.1. The first-order chi connectivity index (χ1) is 28.5. The van der Waals surface area contributed by atoms with Crippen molar-refractivity contribution < 1.29 is 47.0 Å². The number of nitrogens with zero attached hydrogens (tertiary/aromatic N) is 2. The monoisotopic (exact) mass is 864 g/mol. The number of hydroxylamine groups is 2. The van der Waals surface area contributed by atoms with Crippen LogP contribution in [-0.4, -0.2) is 67.8 Å². The predicted molar refractivity (Wildman–Crippen MR) is 219 cm³/mol. The molecule has 0 bridgehead atoms. The Balaban J connectivity index is 1.35. The molecule has 0 spiro atoms. The first-order valence-electron chi connectivity index (χ1n) is 18.9. The number of benzene rings is 4. The van der Waals surface area contributed by atoms with Crippen LogP contribution in [0.15, 0.2) is 84.9 Å². The van der Waals surface area contributed by atoms with Crippen molar-refractivity contribution in [3.05, 3.63) is 129 Å². The third-order valence-electron chi connectivity index (χ3n) is 9.93. The third-order valence-corrected chi connectivity index (χ3v) is 10.5. The van der Waals surface area contributed by atoms with Crippen LogP contribution < -0.4 is 15.4 Å². The van der Waals surface area contributed by atoms with Gasteiger partial charge in [0.15, 0.2) is 0 Å². The Kier molecular flexibility index (Phi) is 14.9. The fourth-order valence-electron chi connectivity index (χ4n) is 7.21. The summed E-state index contributed by atoms with van der Waals surface area (Å²) < 4.78 is 48.1. The lowest BCUT2D eigenvalue weighted by Crippen LogP contribution is -2.45. The van der Waals surface area contributed by atoms with Gasteiger partial charge < -0.3 is 29.6 Å². The second-order valence-electron chi connectivity index (χ2n) is 15.3. The van der Waals surface area contributed by atoms with E-state index in [1.54, 1.807) is 24.3 Å². The van der Waals surface area contributed by atoms with Crippen molar-refractivity contribution in [2.45, 2.75) is 70.2 Å². The quantitative estimate of drug-likeness (QED) is 0.0514. The van der Waals surface area contributed by atoms with Crippen molar-refractivity contribution in [1.29, 1.82) is 5.26 Å². The van der Waals surface area contributed by atoms with Gasteiger partial charge in [0.05, 0.1) is 35.5 Å². The minimum absolute atomic E-state index is 0.00133. The molecule has 12 nitrogen and oxygen atoms in total. The average Bonchev–Trinajstić information content (AvgIpc) is 3.53. The topological polar surface area (TPSA) is 156 Å². The number of carbonyl (C=O) groups is 4. The summed E-state index contributed by atoms with van der Waals surface area (Å²) >= 11 is 12.4. The molecule has 1 saturated heterocycles. The number of methoxy groups -OCH3 is 1. The highest BCUT2D eigenvalue weighted by atomic mass is 35.5. The molecular weight excluding hydrogens is 821 g/mol. The van der Waals surface area contributed by atoms with Gasteiger partial charge in [0.2, 0.25) is 5.91 Å². The molecule has 4 aromatic rings. The van der Waals surface area contributed by atoms with Gasteiger partial charge in [-0.25, -0.2) is 18.4 Å². The number of esters is 1. The van der Waals surface area contributed by atoms with Crippen LogP contribution in [-0.2, 0) is 35.9 Å². The Labute approximate surface area is 356 Å². The van der Waals surface area contributed by atoms with E-state index in [-0.39, 0.29) is 64.4 Å². The molecule has 2 N–H and O–H groups in total. The molecular formula is C44H44Cl2F2N4O8. The van der Waals surface area contributed by atoms with Gasteiger partial charge in [-0.05, 0) is 66.3 Å². The number of halogens is 4. The number of anilines is 1. The summed E-state index contributed by atoms with van der Waals surface area (Å²) in [6.45, 7) is 6.51.